The van der Waals surface area contributed by atoms with Crippen molar-refractivity contribution in [3.63, 3.8) is 0 Å². The number of hydrogen-bond donors (Lipinski definition) is 7. The summed E-state index contributed by atoms with van der Waals surface area (Å²) in [5, 5.41) is 34.5. The van der Waals surface area contributed by atoms with E-state index in [2.05, 4.69) is 16.0 Å². The number of carboxylic acid groups (broad SMARTS) is 1. The summed E-state index contributed by atoms with van der Waals surface area (Å²) in [7, 11) is 0. The number of aliphatic hydroxyl groups excluding tert-OH is 1. The van der Waals surface area contributed by atoms with Gasteiger partial charge in [-0.15, -0.1) is 0 Å². The van der Waals surface area contributed by atoms with Crippen LogP contribution in [-0.4, -0.2) is 69.8 Å². The molecule has 32 heavy (non-hydrogen) atoms. The van der Waals surface area contributed by atoms with Crippen LogP contribution in [0.1, 0.15) is 32.8 Å². The van der Waals surface area contributed by atoms with Gasteiger partial charge >= 0.3 is 5.97 Å². The van der Waals surface area contributed by atoms with Gasteiger partial charge in [-0.25, -0.2) is 4.79 Å². The zero-order chi connectivity index (χ0) is 24.4. The van der Waals surface area contributed by atoms with Crippen molar-refractivity contribution in [1.82, 2.24) is 16.0 Å². The summed E-state index contributed by atoms with van der Waals surface area (Å²) >= 11 is 0. The molecule has 11 nitrogen and oxygen atoms in total. The fourth-order valence-electron chi connectivity index (χ4n) is 2.79. The molecule has 1 rings (SSSR count). The summed E-state index contributed by atoms with van der Waals surface area (Å²) in [6, 6.07) is 1.72. The maximum atomic E-state index is 12.8. The molecule has 0 saturated heterocycles. The lowest BCUT2D eigenvalue weighted by atomic mass is 9.97. The van der Waals surface area contributed by atoms with E-state index in [1.165, 1.54) is 19.1 Å². The van der Waals surface area contributed by atoms with E-state index in [4.69, 9.17) is 15.9 Å². The van der Waals surface area contributed by atoms with Crippen molar-refractivity contribution in [1.29, 1.82) is 0 Å². The highest BCUT2D eigenvalue weighted by Crippen LogP contribution is 2.12. The number of aliphatic hydroxyl groups is 1. The van der Waals surface area contributed by atoms with Crippen LogP contribution in [0.15, 0.2) is 24.3 Å². The van der Waals surface area contributed by atoms with Crippen LogP contribution in [0.4, 0.5) is 0 Å². The number of phenols is 1. The van der Waals surface area contributed by atoms with E-state index in [0.29, 0.717) is 6.42 Å². The van der Waals surface area contributed by atoms with Crippen LogP contribution in [-0.2, 0) is 25.6 Å². The van der Waals surface area contributed by atoms with Crippen molar-refractivity contribution in [2.45, 2.75) is 57.8 Å². The molecule has 0 spiro atoms. The van der Waals surface area contributed by atoms with Gasteiger partial charge in [-0.05, 0) is 37.0 Å². The van der Waals surface area contributed by atoms with Crippen LogP contribution in [0.2, 0.25) is 0 Å². The molecule has 0 radical (unpaired) electrons. The lowest BCUT2D eigenvalue weighted by molar-refractivity contribution is -0.143. The Balaban J connectivity index is 2.78. The van der Waals surface area contributed by atoms with E-state index >= 15 is 0 Å². The zero-order valence-electron chi connectivity index (χ0n) is 18.4. The Bertz CT molecular complexity index is 800. The average Bonchev–Trinajstić information content (AvgIpc) is 2.75. The molecule has 0 aliphatic carbocycles. The van der Waals surface area contributed by atoms with Gasteiger partial charge < -0.3 is 37.0 Å². The molecule has 0 fully saturated rings. The SMILES string of the molecule is CCC(C)C(NC(=O)C(N)Cc1ccc(O)cc1)C(=O)NC(C)C(=O)NC(CO)C(=O)O. The van der Waals surface area contributed by atoms with Crippen molar-refractivity contribution in [3.8, 4) is 5.75 Å². The second-order valence-electron chi connectivity index (χ2n) is 7.66. The smallest absolute Gasteiger partial charge is 0.328 e. The van der Waals surface area contributed by atoms with Crippen LogP contribution >= 0.6 is 0 Å². The molecule has 0 heterocycles. The summed E-state index contributed by atoms with van der Waals surface area (Å²) in [4.78, 5) is 48.4. The highest BCUT2D eigenvalue weighted by atomic mass is 16.4. The van der Waals surface area contributed by atoms with Crippen molar-refractivity contribution in [3.05, 3.63) is 29.8 Å². The summed E-state index contributed by atoms with van der Waals surface area (Å²) in [6.45, 7) is 4.15. The van der Waals surface area contributed by atoms with Crippen LogP contribution in [0.3, 0.4) is 0 Å². The molecule has 3 amide bonds. The molecule has 1 aromatic rings. The molecule has 8 N–H and O–H groups in total. The summed E-state index contributed by atoms with van der Waals surface area (Å²) in [5.41, 5.74) is 6.71. The Morgan fingerprint density at radius 1 is 0.969 bits per heavy atom. The number of amides is 3. The molecule has 178 valence electrons. The van der Waals surface area contributed by atoms with Crippen molar-refractivity contribution in [2.75, 3.05) is 6.61 Å². The fraction of sp³-hybridized carbons (Fsp3) is 0.524. The summed E-state index contributed by atoms with van der Waals surface area (Å²) in [6.07, 6.45) is 0.745. The van der Waals surface area contributed by atoms with Gasteiger partial charge in [-0.2, -0.15) is 0 Å². The highest BCUT2D eigenvalue weighted by molar-refractivity contribution is 5.94. The zero-order valence-corrected chi connectivity index (χ0v) is 18.4. The number of nitrogens with one attached hydrogen (secondary N) is 3. The van der Waals surface area contributed by atoms with E-state index in [1.807, 2.05) is 6.92 Å². The number of aromatic hydroxyl groups is 1. The number of carboxylic acids is 1. The summed E-state index contributed by atoms with van der Waals surface area (Å²) < 4.78 is 0. The van der Waals surface area contributed by atoms with Crippen molar-refractivity contribution < 1.29 is 34.5 Å². The normalized spacial score (nSPS) is 15.5. The summed E-state index contributed by atoms with van der Waals surface area (Å²) in [5.74, 6) is -3.57. The molecule has 5 atom stereocenters. The maximum absolute atomic E-state index is 12.8. The third-order valence-corrected chi connectivity index (χ3v) is 5.07. The lowest BCUT2D eigenvalue weighted by Crippen LogP contribution is -2.58. The third kappa shape index (κ3) is 8.16. The highest BCUT2D eigenvalue weighted by Gasteiger charge is 2.30. The van der Waals surface area contributed by atoms with E-state index in [0.717, 1.165) is 5.56 Å². The first-order chi connectivity index (χ1) is 15.0. The molecule has 0 aliphatic rings. The molecule has 0 bridgehead atoms. The first-order valence-corrected chi connectivity index (χ1v) is 10.3. The van der Waals surface area contributed by atoms with Crippen LogP contribution in [0.25, 0.3) is 0 Å². The first-order valence-electron chi connectivity index (χ1n) is 10.3. The van der Waals surface area contributed by atoms with Gasteiger partial charge in [0.25, 0.3) is 0 Å². The van der Waals surface area contributed by atoms with Gasteiger partial charge in [0.2, 0.25) is 17.7 Å². The fourth-order valence-corrected chi connectivity index (χ4v) is 2.79. The van der Waals surface area contributed by atoms with Gasteiger partial charge in [0.1, 0.15) is 23.9 Å². The molecule has 0 aliphatic heterocycles. The van der Waals surface area contributed by atoms with Crippen LogP contribution < -0.4 is 21.7 Å². The third-order valence-electron chi connectivity index (χ3n) is 5.07. The lowest BCUT2D eigenvalue weighted by Gasteiger charge is -2.26. The van der Waals surface area contributed by atoms with Gasteiger partial charge in [0.05, 0.1) is 12.6 Å². The number of phenolic OH excluding ortho intramolecular Hbond substituents is 1. The van der Waals surface area contributed by atoms with E-state index in [9.17, 15) is 24.3 Å². The van der Waals surface area contributed by atoms with E-state index in [-0.39, 0.29) is 18.1 Å². The number of nitrogens with two attached hydrogens (primary N) is 1. The van der Waals surface area contributed by atoms with Gasteiger partial charge in [0.15, 0.2) is 0 Å². The van der Waals surface area contributed by atoms with Gasteiger partial charge in [-0.3, -0.25) is 14.4 Å². The monoisotopic (exact) mass is 452 g/mol. The minimum absolute atomic E-state index is 0.0899. The molecule has 5 unspecified atom stereocenters. The largest absolute Gasteiger partial charge is 0.508 e. The van der Waals surface area contributed by atoms with Crippen LogP contribution in [0, 0.1) is 5.92 Å². The van der Waals surface area contributed by atoms with Gasteiger partial charge in [-0.1, -0.05) is 32.4 Å². The Labute approximate surface area is 186 Å². The maximum Gasteiger partial charge on any atom is 0.328 e. The minimum Gasteiger partial charge on any atom is -0.508 e. The Hall–Kier alpha value is -3.18. The topological polar surface area (TPSA) is 191 Å². The van der Waals surface area contributed by atoms with Crippen LogP contribution in [0.5, 0.6) is 5.75 Å². The number of aliphatic carboxylic acids is 1. The van der Waals surface area contributed by atoms with E-state index < -0.39 is 54.5 Å². The Kier molecular flexibility index (Phi) is 10.6. The minimum atomic E-state index is -1.50. The average molecular weight is 453 g/mol. The first kappa shape index (κ1) is 26.9. The predicted molar refractivity (Wildman–Crippen MR) is 115 cm³/mol. The van der Waals surface area contributed by atoms with E-state index in [1.54, 1.807) is 19.1 Å². The Morgan fingerprint density at radius 2 is 1.56 bits per heavy atom. The second kappa shape index (κ2) is 12.6. The standard InChI is InChI=1S/C21H32N4O7/c1-4-11(2)17(20(30)23-12(3)18(28)24-16(10-26)21(31)32)25-19(29)15(22)9-13-5-7-14(27)8-6-13/h5-8,11-12,15-17,26-27H,4,9-10,22H2,1-3H3,(H,23,30)(H,24,28)(H,25,29)(H,31,32). The number of rotatable bonds is 12. The predicted octanol–water partition coefficient (Wildman–Crippen LogP) is -1.14. The van der Waals surface area contributed by atoms with Crippen molar-refractivity contribution >= 4 is 23.7 Å². The second-order valence-corrected chi connectivity index (χ2v) is 7.66. The Morgan fingerprint density at radius 3 is 2.06 bits per heavy atom. The van der Waals surface area contributed by atoms with Crippen molar-refractivity contribution in [2.24, 2.45) is 11.7 Å². The molecular weight excluding hydrogens is 420 g/mol. The number of hydrogen-bond acceptors (Lipinski definition) is 7. The molecular formula is C21H32N4O7. The molecule has 11 heteroatoms. The quantitative estimate of drug-likeness (QED) is 0.207. The number of benzene rings is 1. The number of carbonyl (C=O) groups is 4. The molecule has 0 aromatic heterocycles. The van der Waals surface area contributed by atoms with Gasteiger partial charge in [0, 0.05) is 0 Å². The number of carbonyl (C=O) groups excluding carboxylic acids is 3. The molecule has 1 aromatic carbocycles. The molecule has 0 saturated carbocycles.